The van der Waals surface area contributed by atoms with Crippen LogP contribution in [0.4, 0.5) is 0 Å². The van der Waals surface area contributed by atoms with E-state index in [2.05, 4.69) is 5.32 Å². The van der Waals surface area contributed by atoms with E-state index in [4.69, 9.17) is 16.6 Å². The van der Waals surface area contributed by atoms with Crippen LogP contribution in [0.1, 0.15) is 0 Å². The molecule has 0 saturated heterocycles. The molecule has 0 aromatic rings. The number of nitrogens with one attached hydrogen (secondary N) is 1. The fourth-order valence-electron chi connectivity index (χ4n) is 0.388. The number of carbonyl (C=O) groups excluding carboxylic acids is 2. The first-order valence-corrected chi connectivity index (χ1v) is 3.00. The van der Waals surface area contributed by atoms with Crippen molar-refractivity contribution in [3.63, 3.8) is 0 Å². The number of hydrogen-bond acceptors (Lipinski definition) is 4. The van der Waals surface area contributed by atoms with Crippen LogP contribution in [0.3, 0.4) is 0 Å². The first-order valence-electron chi connectivity index (χ1n) is 3.00. The second-order valence-electron chi connectivity index (χ2n) is 1.97. The highest BCUT2D eigenvalue weighted by Crippen LogP contribution is 1.74. The van der Waals surface area contributed by atoms with Gasteiger partial charge in [-0.3, -0.25) is 9.59 Å². The predicted molar refractivity (Wildman–Crippen MR) is 37.3 cm³/mol. The molecule has 0 fully saturated rings. The summed E-state index contributed by atoms with van der Waals surface area (Å²) in [7, 11) is 0. The number of rotatable bonds is 4. The van der Waals surface area contributed by atoms with Gasteiger partial charge in [0.15, 0.2) is 0 Å². The van der Waals surface area contributed by atoms with Crippen molar-refractivity contribution in [3.05, 3.63) is 0 Å². The zero-order valence-corrected chi connectivity index (χ0v) is 5.91. The Hall–Kier alpha value is -1.14. The second kappa shape index (κ2) is 4.64. The van der Waals surface area contributed by atoms with E-state index in [1.165, 1.54) is 0 Å². The number of amides is 2. The van der Waals surface area contributed by atoms with Gasteiger partial charge in [-0.25, -0.2) is 0 Å². The van der Waals surface area contributed by atoms with Gasteiger partial charge < -0.3 is 21.9 Å². The molecule has 6 heteroatoms. The lowest BCUT2D eigenvalue weighted by atomic mass is 10.3. The number of primary amides is 1. The lowest BCUT2D eigenvalue weighted by Gasteiger charge is -2.06. The summed E-state index contributed by atoms with van der Waals surface area (Å²) in [6, 6.07) is -0.991. The highest BCUT2D eigenvalue weighted by atomic mass is 16.3. The van der Waals surface area contributed by atoms with Crippen LogP contribution < -0.4 is 16.8 Å². The molecule has 2 amide bonds. The SMILES string of the molecule is NC(=O)CNC(=O)[C@H](N)CO. The maximum Gasteiger partial charge on any atom is 0.239 e. The number of carbonyl (C=O) groups is 2. The summed E-state index contributed by atoms with van der Waals surface area (Å²) >= 11 is 0. The van der Waals surface area contributed by atoms with E-state index in [1.807, 2.05) is 0 Å². The molecule has 0 aliphatic heterocycles. The summed E-state index contributed by atoms with van der Waals surface area (Å²) in [5, 5.41) is 10.5. The fraction of sp³-hybridized carbons (Fsp3) is 0.600. The van der Waals surface area contributed by atoms with Crippen molar-refractivity contribution in [2.45, 2.75) is 6.04 Å². The van der Waals surface area contributed by atoms with Gasteiger partial charge in [0.05, 0.1) is 13.2 Å². The van der Waals surface area contributed by atoms with Crippen LogP contribution in [-0.2, 0) is 9.59 Å². The molecule has 0 aliphatic carbocycles. The molecule has 0 rings (SSSR count). The third-order valence-electron chi connectivity index (χ3n) is 0.970. The van der Waals surface area contributed by atoms with Gasteiger partial charge in [-0.05, 0) is 0 Å². The lowest BCUT2D eigenvalue weighted by molar-refractivity contribution is -0.126. The minimum atomic E-state index is -0.991. The molecule has 0 bridgehead atoms. The van der Waals surface area contributed by atoms with Gasteiger partial charge in [-0.1, -0.05) is 0 Å². The van der Waals surface area contributed by atoms with Crippen molar-refractivity contribution >= 4 is 11.8 Å². The van der Waals surface area contributed by atoms with Crippen molar-refractivity contribution in [1.29, 1.82) is 0 Å². The summed E-state index contributed by atoms with van der Waals surface area (Å²) in [6.45, 7) is -0.711. The number of aliphatic hydroxyl groups is 1. The molecule has 6 N–H and O–H groups in total. The van der Waals surface area contributed by atoms with Crippen molar-refractivity contribution < 1.29 is 14.7 Å². The van der Waals surface area contributed by atoms with Gasteiger partial charge in [0.1, 0.15) is 6.04 Å². The van der Waals surface area contributed by atoms with Gasteiger partial charge in [-0.2, -0.15) is 0 Å². The molecule has 0 heterocycles. The average Bonchev–Trinajstić information content (AvgIpc) is 1.98. The Labute approximate surface area is 63.5 Å². The molecule has 0 saturated carbocycles. The molecule has 0 aromatic carbocycles. The minimum absolute atomic E-state index is 0.257. The van der Waals surface area contributed by atoms with Gasteiger partial charge in [0.2, 0.25) is 11.8 Å². The van der Waals surface area contributed by atoms with Crippen LogP contribution in [0.25, 0.3) is 0 Å². The Morgan fingerprint density at radius 1 is 1.55 bits per heavy atom. The van der Waals surface area contributed by atoms with Crippen LogP contribution >= 0.6 is 0 Å². The monoisotopic (exact) mass is 161 g/mol. The quantitative estimate of drug-likeness (QED) is 0.349. The van der Waals surface area contributed by atoms with Crippen LogP contribution in [0, 0.1) is 0 Å². The van der Waals surface area contributed by atoms with Crippen LogP contribution in [-0.4, -0.2) is 36.1 Å². The molecule has 0 spiro atoms. The van der Waals surface area contributed by atoms with E-state index in [1.54, 1.807) is 0 Å². The second-order valence-corrected chi connectivity index (χ2v) is 1.97. The van der Waals surface area contributed by atoms with E-state index in [0.29, 0.717) is 0 Å². The van der Waals surface area contributed by atoms with Gasteiger partial charge in [0, 0.05) is 0 Å². The standard InChI is InChI=1S/C5H11N3O3/c6-3(2-9)5(11)8-1-4(7)10/h3,9H,1-2,6H2,(H2,7,10)(H,8,11)/t3-/m1/s1. The Bertz CT molecular complexity index is 159. The molecule has 0 unspecified atom stereocenters. The van der Waals surface area contributed by atoms with Crippen LogP contribution in [0.5, 0.6) is 0 Å². The summed E-state index contributed by atoms with van der Waals surface area (Å²) < 4.78 is 0. The van der Waals surface area contributed by atoms with E-state index >= 15 is 0 Å². The highest BCUT2D eigenvalue weighted by molar-refractivity contribution is 5.86. The molecule has 64 valence electrons. The molecule has 11 heavy (non-hydrogen) atoms. The topological polar surface area (TPSA) is 118 Å². The van der Waals surface area contributed by atoms with Gasteiger partial charge in [0.25, 0.3) is 0 Å². The zero-order chi connectivity index (χ0) is 8.85. The average molecular weight is 161 g/mol. The molecule has 6 nitrogen and oxygen atoms in total. The van der Waals surface area contributed by atoms with E-state index in [-0.39, 0.29) is 6.54 Å². The predicted octanol–water partition coefficient (Wildman–Crippen LogP) is -3.09. The van der Waals surface area contributed by atoms with E-state index < -0.39 is 24.5 Å². The Morgan fingerprint density at radius 3 is 2.45 bits per heavy atom. The van der Waals surface area contributed by atoms with Crippen molar-refractivity contribution in [3.8, 4) is 0 Å². The summed E-state index contributed by atoms with van der Waals surface area (Å²) in [6.07, 6.45) is 0. The van der Waals surface area contributed by atoms with Crippen LogP contribution in [0.2, 0.25) is 0 Å². The molecular formula is C5H11N3O3. The van der Waals surface area contributed by atoms with E-state index in [0.717, 1.165) is 0 Å². The summed E-state index contributed by atoms with van der Waals surface area (Å²) in [5.41, 5.74) is 9.81. The number of hydrogen-bond donors (Lipinski definition) is 4. The normalized spacial score (nSPS) is 12.2. The first kappa shape index (κ1) is 9.86. The summed E-state index contributed by atoms with van der Waals surface area (Å²) in [5.74, 6) is -1.24. The fourth-order valence-corrected chi connectivity index (χ4v) is 0.388. The van der Waals surface area contributed by atoms with Crippen molar-refractivity contribution in [2.75, 3.05) is 13.2 Å². The summed E-state index contributed by atoms with van der Waals surface area (Å²) in [4.78, 5) is 20.8. The maximum absolute atomic E-state index is 10.7. The van der Waals surface area contributed by atoms with Gasteiger partial charge in [-0.15, -0.1) is 0 Å². The molecule has 0 radical (unpaired) electrons. The van der Waals surface area contributed by atoms with Gasteiger partial charge >= 0.3 is 0 Å². The van der Waals surface area contributed by atoms with E-state index in [9.17, 15) is 9.59 Å². The minimum Gasteiger partial charge on any atom is -0.394 e. The third-order valence-corrected chi connectivity index (χ3v) is 0.970. The van der Waals surface area contributed by atoms with Crippen LogP contribution in [0.15, 0.2) is 0 Å². The Balaban J connectivity index is 3.60. The van der Waals surface area contributed by atoms with Crippen molar-refractivity contribution in [2.24, 2.45) is 11.5 Å². The molecule has 0 aromatic heterocycles. The Kier molecular flexibility index (Phi) is 4.16. The lowest BCUT2D eigenvalue weighted by Crippen LogP contribution is -2.45. The maximum atomic E-state index is 10.7. The molecule has 0 aliphatic rings. The largest absolute Gasteiger partial charge is 0.394 e. The Morgan fingerprint density at radius 2 is 2.09 bits per heavy atom. The molecule has 1 atom stereocenters. The number of nitrogens with two attached hydrogens (primary N) is 2. The highest BCUT2D eigenvalue weighted by Gasteiger charge is 2.11. The first-order chi connectivity index (χ1) is 5.07. The zero-order valence-electron chi connectivity index (χ0n) is 5.91. The smallest absolute Gasteiger partial charge is 0.239 e. The number of aliphatic hydroxyl groups excluding tert-OH is 1. The van der Waals surface area contributed by atoms with Crippen molar-refractivity contribution in [1.82, 2.24) is 5.32 Å². The molecular weight excluding hydrogens is 150 g/mol. The third kappa shape index (κ3) is 4.29.